The van der Waals surface area contributed by atoms with Crippen LogP contribution < -0.4 is 0 Å². The first-order valence-electron chi connectivity index (χ1n) is 8.33. The van der Waals surface area contributed by atoms with Crippen molar-refractivity contribution in [3.63, 3.8) is 0 Å². The summed E-state index contributed by atoms with van der Waals surface area (Å²) in [6, 6.07) is 11.4. The normalized spacial score (nSPS) is 17.4. The Kier molecular flexibility index (Phi) is 5.06. The van der Waals surface area contributed by atoms with E-state index >= 15 is 0 Å². The van der Waals surface area contributed by atoms with Crippen molar-refractivity contribution in [1.29, 1.82) is 0 Å². The van der Waals surface area contributed by atoms with Crippen LogP contribution in [-0.4, -0.2) is 35.5 Å². The highest BCUT2D eigenvalue weighted by atomic mass is 35.5. The van der Waals surface area contributed by atoms with E-state index in [0.29, 0.717) is 37.0 Å². The Labute approximate surface area is 160 Å². The average molecular weight is 389 g/mol. The molecule has 1 aromatic carbocycles. The van der Waals surface area contributed by atoms with E-state index in [2.05, 4.69) is 4.98 Å². The number of ether oxygens (including phenoxy) is 1. The summed E-state index contributed by atoms with van der Waals surface area (Å²) in [6.07, 6.45) is 1.91. The number of thiophene rings is 1. The van der Waals surface area contributed by atoms with Gasteiger partial charge in [-0.25, -0.2) is 4.98 Å². The molecule has 0 saturated carbocycles. The quantitative estimate of drug-likeness (QED) is 0.672. The van der Waals surface area contributed by atoms with Crippen LogP contribution in [0.15, 0.2) is 52.4 Å². The Morgan fingerprint density at radius 1 is 1.31 bits per heavy atom. The summed E-state index contributed by atoms with van der Waals surface area (Å²) in [5, 5.41) is 2.60. The van der Waals surface area contributed by atoms with Gasteiger partial charge in [-0.05, 0) is 23.1 Å². The summed E-state index contributed by atoms with van der Waals surface area (Å²) in [4.78, 5) is 19.4. The fourth-order valence-electron chi connectivity index (χ4n) is 2.92. The Bertz CT molecular complexity index is 894. The molecule has 4 rings (SSSR count). The molecular weight excluding hydrogens is 372 g/mol. The van der Waals surface area contributed by atoms with E-state index in [0.717, 1.165) is 16.2 Å². The minimum Gasteiger partial charge on any atom is -0.442 e. The number of aromatic nitrogens is 1. The highest BCUT2D eigenvalue weighted by Gasteiger charge is 2.29. The average Bonchev–Trinajstić information content (AvgIpc) is 3.35. The minimum absolute atomic E-state index is 0.0242. The van der Waals surface area contributed by atoms with Gasteiger partial charge in [0.15, 0.2) is 6.10 Å². The Hall–Kier alpha value is -2.15. The zero-order valence-corrected chi connectivity index (χ0v) is 15.5. The topological polar surface area (TPSA) is 55.6 Å². The third-order valence-corrected chi connectivity index (χ3v) is 5.48. The number of carbonyl (C=O) groups is 1. The lowest BCUT2D eigenvalue weighted by Gasteiger charge is -2.31. The molecule has 1 unspecified atom stereocenters. The molecule has 26 heavy (non-hydrogen) atoms. The van der Waals surface area contributed by atoms with Gasteiger partial charge in [0.2, 0.25) is 5.89 Å². The van der Waals surface area contributed by atoms with E-state index < -0.39 is 0 Å². The van der Waals surface area contributed by atoms with Crippen molar-refractivity contribution in [2.45, 2.75) is 12.5 Å². The number of carbonyl (C=O) groups excluding carboxylic acids is 1. The van der Waals surface area contributed by atoms with Crippen LogP contribution in [0.2, 0.25) is 5.02 Å². The molecule has 1 saturated heterocycles. The second-order valence-corrected chi connectivity index (χ2v) is 7.38. The third-order valence-electron chi connectivity index (χ3n) is 4.26. The molecule has 1 fully saturated rings. The maximum absolute atomic E-state index is 12.5. The predicted molar refractivity (Wildman–Crippen MR) is 99.7 cm³/mol. The van der Waals surface area contributed by atoms with Crippen LogP contribution in [0, 0.1) is 0 Å². The molecule has 1 amide bonds. The van der Waals surface area contributed by atoms with Gasteiger partial charge >= 0.3 is 0 Å². The fourth-order valence-corrected chi connectivity index (χ4v) is 3.82. The van der Waals surface area contributed by atoms with Crippen LogP contribution >= 0.6 is 22.9 Å². The van der Waals surface area contributed by atoms with Gasteiger partial charge in [-0.15, -0.1) is 11.3 Å². The van der Waals surface area contributed by atoms with Crippen LogP contribution in [-0.2, 0) is 11.2 Å². The van der Waals surface area contributed by atoms with E-state index in [1.54, 1.807) is 11.1 Å². The number of hydrogen-bond donors (Lipinski definition) is 0. The molecule has 0 radical (unpaired) electrons. The molecule has 1 aliphatic heterocycles. The van der Waals surface area contributed by atoms with Gasteiger partial charge in [0, 0.05) is 18.0 Å². The summed E-state index contributed by atoms with van der Waals surface area (Å²) in [6.45, 7) is 1.47. The molecule has 2 aromatic heterocycles. The van der Waals surface area contributed by atoms with Crippen molar-refractivity contribution in [3.8, 4) is 0 Å². The monoisotopic (exact) mass is 388 g/mol. The fraction of sp³-hybridized carbons (Fsp3) is 0.263. The van der Waals surface area contributed by atoms with Gasteiger partial charge in [-0.1, -0.05) is 35.9 Å². The lowest BCUT2D eigenvalue weighted by molar-refractivity contribution is -0.0347. The van der Waals surface area contributed by atoms with Crippen molar-refractivity contribution in [2.75, 3.05) is 19.7 Å². The first-order chi connectivity index (χ1) is 12.7. The first kappa shape index (κ1) is 17.3. The summed E-state index contributed by atoms with van der Waals surface area (Å²) in [7, 11) is 0. The highest BCUT2D eigenvalue weighted by molar-refractivity contribution is 7.12. The molecule has 0 bridgehead atoms. The SMILES string of the molecule is O=C(c1cccs1)N1CCOC(c2ncc(Cc3ccccc3Cl)o2)C1. The number of benzene rings is 1. The predicted octanol–water partition coefficient (Wildman–Crippen LogP) is 4.19. The smallest absolute Gasteiger partial charge is 0.264 e. The molecular formula is C19H17ClN2O3S. The van der Waals surface area contributed by atoms with Crippen LogP contribution in [0.25, 0.3) is 0 Å². The van der Waals surface area contributed by atoms with Crippen molar-refractivity contribution in [3.05, 3.63) is 75.1 Å². The van der Waals surface area contributed by atoms with Crippen LogP contribution in [0.5, 0.6) is 0 Å². The number of nitrogens with zero attached hydrogens (tertiary/aromatic N) is 2. The third kappa shape index (κ3) is 3.67. The Morgan fingerprint density at radius 2 is 2.19 bits per heavy atom. The lowest BCUT2D eigenvalue weighted by Crippen LogP contribution is -2.42. The van der Waals surface area contributed by atoms with Gasteiger partial charge in [-0.2, -0.15) is 0 Å². The van der Waals surface area contributed by atoms with Crippen molar-refractivity contribution < 1.29 is 13.9 Å². The van der Waals surface area contributed by atoms with Gasteiger partial charge in [-0.3, -0.25) is 4.79 Å². The van der Waals surface area contributed by atoms with Crippen LogP contribution in [0.4, 0.5) is 0 Å². The first-order valence-corrected chi connectivity index (χ1v) is 9.59. The van der Waals surface area contributed by atoms with Gasteiger partial charge in [0.1, 0.15) is 5.76 Å². The Morgan fingerprint density at radius 3 is 3.00 bits per heavy atom. The number of hydrogen-bond acceptors (Lipinski definition) is 5. The van der Waals surface area contributed by atoms with E-state index in [1.807, 2.05) is 41.8 Å². The van der Waals surface area contributed by atoms with E-state index in [4.69, 9.17) is 20.8 Å². The van der Waals surface area contributed by atoms with E-state index in [9.17, 15) is 4.79 Å². The number of morpholine rings is 1. The minimum atomic E-state index is -0.354. The standard InChI is InChI=1S/C19H17ClN2O3S/c20-15-5-2-1-4-13(15)10-14-11-21-18(25-14)16-12-22(7-8-24-16)19(23)17-6-3-9-26-17/h1-6,9,11,16H,7-8,10,12H2. The zero-order chi connectivity index (χ0) is 17.9. The molecule has 0 N–H and O–H groups in total. The van der Waals surface area contributed by atoms with E-state index in [-0.39, 0.29) is 12.0 Å². The van der Waals surface area contributed by atoms with E-state index in [1.165, 1.54) is 11.3 Å². The largest absolute Gasteiger partial charge is 0.442 e. The molecule has 0 aliphatic carbocycles. The summed E-state index contributed by atoms with van der Waals surface area (Å²) in [5.74, 6) is 1.24. The number of rotatable bonds is 4. The Balaban J connectivity index is 1.45. The molecule has 0 spiro atoms. The molecule has 3 heterocycles. The summed E-state index contributed by atoms with van der Waals surface area (Å²) >= 11 is 7.65. The second-order valence-electron chi connectivity index (χ2n) is 6.02. The molecule has 1 atom stereocenters. The van der Waals surface area contributed by atoms with Gasteiger partial charge < -0.3 is 14.1 Å². The van der Waals surface area contributed by atoms with Crippen LogP contribution in [0.1, 0.15) is 33.0 Å². The maximum Gasteiger partial charge on any atom is 0.264 e. The van der Waals surface area contributed by atoms with Gasteiger partial charge in [0.25, 0.3) is 5.91 Å². The van der Waals surface area contributed by atoms with Crippen molar-refractivity contribution in [2.24, 2.45) is 0 Å². The second kappa shape index (κ2) is 7.61. The van der Waals surface area contributed by atoms with Gasteiger partial charge in [0.05, 0.1) is 24.2 Å². The lowest BCUT2D eigenvalue weighted by atomic mass is 10.1. The molecule has 5 nitrogen and oxygen atoms in total. The molecule has 134 valence electrons. The maximum atomic E-state index is 12.5. The number of amides is 1. The summed E-state index contributed by atoms with van der Waals surface area (Å²) in [5.41, 5.74) is 0.982. The van der Waals surface area contributed by atoms with Crippen LogP contribution in [0.3, 0.4) is 0 Å². The number of halogens is 1. The molecule has 3 aromatic rings. The number of oxazole rings is 1. The van der Waals surface area contributed by atoms with Crippen molar-refractivity contribution >= 4 is 28.8 Å². The molecule has 1 aliphatic rings. The highest BCUT2D eigenvalue weighted by Crippen LogP contribution is 2.26. The summed E-state index contributed by atoms with van der Waals surface area (Å²) < 4.78 is 11.6. The molecule has 7 heteroatoms. The zero-order valence-electron chi connectivity index (χ0n) is 13.9. The van der Waals surface area contributed by atoms with Crippen molar-refractivity contribution in [1.82, 2.24) is 9.88 Å².